The summed E-state index contributed by atoms with van der Waals surface area (Å²) in [4.78, 5) is 17.2. The summed E-state index contributed by atoms with van der Waals surface area (Å²) in [6.07, 6.45) is 0. The molecule has 0 bridgehead atoms. The van der Waals surface area contributed by atoms with Crippen LogP contribution in [0.4, 0.5) is 10.1 Å². The standard InChI is InChI=1S/C22H15Cl2FN4O/c1-13-18(24)3-2-4-19(13)29-21(14-5-7-15(23)8-6-14)27-20(28-29)22(30)26-17-11-9-16(25)10-12-17/h2-12H,1H3,(H,26,30). The molecule has 0 fully saturated rings. The Labute approximate surface area is 182 Å². The van der Waals surface area contributed by atoms with E-state index in [0.717, 1.165) is 11.1 Å². The zero-order chi connectivity index (χ0) is 21.3. The van der Waals surface area contributed by atoms with E-state index in [1.807, 2.05) is 13.0 Å². The number of nitrogens with one attached hydrogen (secondary N) is 1. The minimum atomic E-state index is -0.518. The molecule has 5 nitrogen and oxygen atoms in total. The van der Waals surface area contributed by atoms with Crippen LogP contribution in [0.3, 0.4) is 0 Å². The first kappa shape index (κ1) is 20.1. The van der Waals surface area contributed by atoms with Crippen molar-refractivity contribution < 1.29 is 9.18 Å². The largest absolute Gasteiger partial charge is 0.319 e. The Morgan fingerprint density at radius 3 is 2.40 bits per heavy atom. The second-order valence-corrected chi connectivity index (χ2v) is 7.37. The number of rotatable bonds is 4. The Morgan fingerprint density at radius 1 is 1.00 bits per heavy atom. The molecule has 0 saturated heterocycles. The van der Waals surface area contributed by atoms with Crippen molar-refractivity contribution in [2.75, 3.05) is 5.32 Å². The number of carbonyl (C=O) groups is 1. The normalized spacial score (nSPS) is 10.8. The van der Waals surface area contributed by atoms with Crippen LogP contribution >= 0.6 is 23.2 Å². The Hall–Kier alpha value is -3.22. The van der Waals surface area contributed by atoms with Crippen LogP contribution < -0.4 is 5.32 Å². The SMILES string of the molecule is Cc1c(Cl)cccc1-n1nc(C(=O)Nc2ccc(F)cc2)nc1-c1ccc(Cl)cc1. The predicted molar refractivity (Wildman–Crippen MR) is 116 cm³/mol. The van der Waals surface area contributed by atoms with Crippen molar-refractivity contribution in [3.8, 4) is 17.1 Å². The minimum absolute atomic E-state index is 0.0383. The number of amides is 1. The molecular formula is C22H15Cl2FN4O. The van der Waals surface area contributed by atoms with Crippen molar-refractivity contribution in [3.63, 3.8) is 0 Å². The van der Waals surface area contributed by atoms with E-state index in [1.54, 1.807) is 41.1 Å². The number of aromatic nitrogens is 3. The summed E-state index contributed by atoms with van der Waals surface area (Å²) in [6, 6.07) is 17.9. The molecule has 1 aromatic heterocycles. The van der Waals surface area contributed by atoms with Crippen LogP contribution in [-0.4, -0.2) is 20.7 Å². The zero-order valence-electron chi connectivity index (χ0n) is 15.7. The van der Waals surface area contributed by atoms with Gasteiger partial charge in [0.25, 0.3) is 5.91 Å². The first-order valence-corrected chi connectivity index (χ1v) is 9.73. The minimum Gasteiger partial charge on any atom is -0.319 e. The number of carbonyl (C=O) groups excluding carboxylic acids is 1. The van der Waals surface area contributed by atoms with E-state index < -0.39 is 11.7 Å². The monoisotopic (exact) mass is 440 g/mol. The quantitative estimate of drug-likeness (QED) is 0.426. The van der Waals surface area contributed by atoms with Crippen molar-refractivity contribution in [1.29, 1.82) is 0 Å². The molecule has 0 aliphatic heterocycles. The number of halogens is 3. The molecule has 0 radical (unpaired) electrons. The topological polar surface area (TPSA) is 59.8 Å². The summed E-state index contributed by atoms with van der Waals surface area (Å²) in [6.45, 7) is 1.86. The lowest BCUT2D eigenvalue weighted by Crippen LogP contribution is -2.14. The van der Waals surface area contributed by atoms with Crippen molar-refractivity contribution in [2.45, 2.75) is 6.92 Å². The molecule has 4 aromatic rings. The van der Waals surface area contributed by atoms with Crippen molar-refractivity contribution in [1.82, 2.24) is 14.8 Å². The van der Waals surface area contributed by atoms with E-state index in [-0.39, 0.29) is 5.82 Å². The average Bonchev–Trinajstić information content (AvgIpc) is 3.17. The Morgan fingerprint density at radius 2 is 1.70 bits per heavy atom. The van der Waals surface area contributed by atoms with Gasteiger partial charge in [-0.3, -0.25) is 4.79 Å². The van der Waals surface area contributed by atoms with Gasteiger partial charge in [-0.15, -0.1) is 5.10 Å². The second kappa shape index (κ2) is 8.26. The van der Waals surface area contributed by atoms with Gasteiger partial charge in [-0.1, -0.05) is 29.3 Å². The van der Waals surface area contributed by atoms with Crippen molar-refractivity contribution >= 4 is 34.8 Å². The summed E-state index contributed by atoms with van der Waals surface area (Å²) in [5, 5.41) is 8.25. The van der Waals surface area contributed by atoms with Gasteiger partial charge in [0.2, 0.25) is 5.82 Å². The third-order valence-electron chi connectivity index (χ3n) is 4.48. The summed E-state index contributed by atoms with van der Waals surface area (Å²) in [5.41, 5.74) is 2.65. The summed E-state index contributed by atoms with van der Waals surface area (Å²) >= 11 is 12.3. The molecule has 0 saturated carbocycles. The molecule has 0 aliphatic carbocycles. The maximum Gasteiger partial charge on any atom is 0.295 e. The van der Waals surface area contributed by atoms with Gasteiger partial charge in [0.15, 0.2) is 5.82 Å². The molecule has 0 unspecified atom stereocenters. The molecule has 1 N–H and O–H groups in total. The Balaban J connectivity index is 1.79. The maximum atomic E-state index is 13.1. The zero-order valence-corrected chi connectivity index (χ0v) is 17.2. The second-order valence-electron chi connectivity index (χ2n) is 6.52. The van der Waals surface area contributed by atoms with E-state index in [9.17, 15) is 9.18 Å². The molecular weight excluding hydrogens is 426 g/mol. The van der Waals surface area contributed by atoms with Gasteiger partial charge in [0.1, 0.15) is 5.82 Å². The highest BCUT2D eigenvalue weighted by Gasteiger charge is 2.20. The molecule has 0 aliphatic rings. The summed E-state index contributed by atoms with van der Waals surface area (Å²) in [5.74, 6) is -0.489. The highest BCUT2D eigenvalue weighted by Crippen LogP contribution is 2.27. The molecule has 1 heterocycles. The summed E-state index contributed by atoms with van der Waals surface area (Å²) in [7, 11) is 0. The van der Waals surface area contributed by atoms with Gasteiger partial charge < -0.3 is 5.32 Å². The fourth-order valence-electron chi connectivity index (χ4n) is 2.91. The van der Waals surface area contributed by atoms with Gasteiger partial charge in [-0.2, -0.15) is 0 Å². The first-order valence-electron chi connectivity index (χ1n) is 8.98. The Kier molecular flexibility index (Phi) is 5.53. The van der Waals surface area contributed by atoms with Gasteiger partial charge in [-0.25, -0.2) is 14.1 Å². The van der Waals surface area contributed by atoms with Crippen LogP contribution in [0, 0.1) is 12.7 Å². The Bertz CT molecular complexity index is 1220. The third-order valence-corrected chi connectivity index (χ3v) is 5.14. The number of benzene rings is 3. The molecule has 0 atom stereocenters. The van der Waals surface area contributed by atoms with Crippen LogP contribution in [0.15, 0.2) is 66.7 Å². The maximum absolute atomic E-state index is 13.1. The van der Waals surface area contributed by atoms with E-state index >= 15 is 0 Å². The van der Waals surface area contributed by atoms with Crippen LogP contribution in [-0.2, 0) is 0 Å². The molecule has 30 heavy (non-hydrogen) atoms. The van der Waals surface area contributed by atoms with Gasteiger partial charge in [0, 0.05) is 21.3 Å². The highest BCUT2D eigenvalue weighted by molar-refractivity contribution is 6.31. The van der Waals surface area contributed by atoms with E-state index in [4.69, 9.17) is 23.2 Å². The highest BCUT2D eigenvalue weighted by atomic mass is 35.5. The average molecular weight is 441 g/mol. The fraction of sp³-hybridized carbons (Fsp3) is 0.0455. The molecule has 3 aromatic carbocycles. The van der Waals surface area contributed by atoms with E-state index in [0.29, 0.717) is 27.2 Å². The lowest BCUT2D eigenvalue weighted by molar-refractivity contribution is 0.101. The molecule has 150 valence electrons. The van der Waals surface area contributed by atoms with Crippen molar-refractivity contribution in [2.24, 2.45) is 0 Å². The third kappa shape index (κ3) is 4.06. The lowest BCUT2D eigenvalue weighted by atomic mass is 10.1. The lowest BCUT2D eigenvalue weighted by Gasteiger charge is -2.10. The fourth-order valence-corrected chi connectivity index (χ4v) is 3.20. The number of hydrogen-bond donors (Lipinski definition) is 1. The van der Waals surface area contributed by atoms with E-state index in [2.05, 4.69) is 15.4 Å². The number of hydrogen-bond acceptors (Lipinski definition) is 3. The van der Waals surface area contributed by atoms with Crippen LogP contribution in [0.2, 0.25) is 10.0 Å². The van der Waals surface area contributed by atoms with Crippen molar-refractivity contribution in [3.05, 3.63) is 94.0 Å². The van der Waals surface area contributed by atoms with E-state index in [1.165, 1.54) is 24.3 Å². The summed E-state index contributed by atoms with van der Waals surface area (Å²) < 4.78 is 14.7. The number of anilines is 1. The van der Waals surface area contributed by atoms with Crippen LogP contribution in [0.25, 0.3) is 17.1 Å². The smallest absolute Gasteiger partial charge is 0.295 e. The number of nitrogens with zero attached hydrogens (tertiary/aromatic N) is 3. The molecule has 8 heteroatoms. The van der Waals surface area contributed by atoms with Gasteiger partial charge >= 0.3 is 0 Å². The molecule has 4 rings (SSSR count). The van der Waals surface area contributed by atoms with Gasteiger partial charge in [0.05, 0.1) is 5.69 Å². The molecule has 0 spiro atoms. The van der Waals surface area contributed by atoms with Crippen LogP contribution in [0.5, 0.6) is 0 Å². The van der Waals surface area contributed by atoms with Gasteiger partial charge in [-0.05, 0) is 73.2 Å². The molecule has 1 amide bonds. The van der Waals surface area contributed by atoms with Crippen LogP contribution in [0.1, 0.15) is 16.2 Å². The first-order chi connectivity index (χ1) is 14.4. The predicted octanol–water partition coefficient (Wildman–Crippen LogP) is 5.94.